The number of carboxylic acid groups (broad SMARTS) is 1. The molecular weight excluding hydrogens is 404 g/mol. The van der Waals surface area contributed by atoms with Crippen molar-refractivity contribution in [2.24, 2.45) is 5.92 Å². The highest BCUT2D eigenvalue weighted by Crippen LogP contribution is 2.47. The number of hydrogen-bond acceptors (Lipinski definition) is 6. The van der Waals surface area contributed by atoms with E-state index in [4.69, 9.17) is 0 Å². The van der Waals surface area contributed by atoms with E-state index in [0.29, 0.717) is 43.6 Å². The molecule has 4 aliphatic rings. The van der Waals surface area contributed by atoms with Crippen LogP contribution in [0.15, 0.2) is 47.2 Å². The highest BCUT2D eigenvalue weighted by atomic mass is 16.6. The van der Waals surface area contributed by atoms with Crippen molar-refractivity contribution in [3.8, 4) is 0 Å². The van der Waals surface area contributed by atoms with Crippen molar-refractivity contribution in [2.45, 2.75) is 31.5 Å². The van der Waals surface area contributed by atoms with Crippen LogP contribution in [0.2, 0.25) is 0 Å². The topological polar surface area (TPSA) is 133 Å². The molecule has 0 bridgehead atoms. The molecule has 0 saturated carbocycles. The molecule has 160 valence electrons. The lowest BCUT2D eigenvalue weighted by Crippen LogP contribution is -2.71. The van der Waals surface area contributed by atoms with Gasteiger partial charge in [0, 0.05) is 36.7 Å². The maximum Gasteiger partial charge on any atom is 0.352 e. The van der Waals surface area contributed by atoms with Crippen LogP contribution in [-0.2, 0) is 20.9 Å². The number of β-lactam (4-membered cyclic amide) rings is 1. The van der Waals surface area contributed by atoms with Crippen molar-refractivity contribution in [1.82, 2.24) is 15.1 Å². The monoisotopic (exact) mass is 424 g/mol. The SMILES string of the molecule is O=C(O)C1=C(/C=C2\CCN(Cc3ccc([N+](=O)[O-])cc3)C2=O)C2CCN[C@@H]3C(=O)N1[C@H]23. The average molecular weight is 424 g/mol. The van der Waals surface area contributed by atoms with Crippen molar-refractivity contribution in [3.63, 3.8) is 0 Å². The quantitative estimate of drug-likeness (QED) is 0.309. The van der Waals surface area contributed by atoms with Gasteiger partial charge in [0.15, 0.2) is 0 Å². The molecule has 3 saturated heterocycles. The Morgan fingerprint density at radius 1 is 1.29 bits per heavy atom. The second kappa shape index (κ2) is 7.02. The molecule has 10 nitrogen and oxygen atoms in total. The van der Waals surface area contributed by atoms with Crippen LogP contribution >= 0.6 is 0 Å². The number of nitrogens with zero attached hydrogens (tertiary/aromatic N) is 3. The summed E-state index contributed by atoms with van der Waals surface area (Å²) in [5.41, 5.74) is 1.86. The van der Waals surface area contributed by atoms with Crippen LogP contribution in [0.3, 0.4) is 0 Å². The number of amides is 2. The van der Waals surface area contributed by atoms with E-state index in [9.17, 15) is 29.6 Å². The number of carboxylic acids is 1. The summed E-state index contributed by atoms with van der Waals surface area (Å²) in [6.07, 6.45) is 2.87. The van der Waals surface area contributed by atoms with Crippen molar-refractivity contribution in [1.29, 1.82) is 0 Å². The molecule has 3 fully saturated rings. The minimum absolute atomic E-state index is 0.00549. The fraction of sp³-hybridized carbons (Fsp3) is 0.381. The lowest BCUT2D eigenvalue weighted by atomic mass is 9.79. The zero-order chi connectivity index (χ0) is 21.9. The fourth-order valence-electron chi connectivity index (χ4n) is 5.09. The van der Waals surface area contributed by atoms with Gasteiger partial charge >= 0.3 is 5.97 Å². The lowest BCUT2D eigenvalue weighted by Gasteiger charge is -2.48. The molecule has 1 aromatic carbocycles. The van der Waals surface area contributed by atoms with E-state index in [1.807, 2.05) is 0 Å². The highest BCUT2D eigenvalue weighted by Gasteiger charge is 2.60. The van der Waals surface area contributed by atoms with Crippen LogP contribution in [0, 0.1) is 16.0 Å². The van der Waals surface area contributed by atoms with E-state index in [1.54, 1.807) is 23.1 Å². The third-order valence-corrected chi connectivity index (χ3v) is 6.55. The largest absolute Gasteiger partial charge is 0.477 e. The minimum Gasteiger partial charge on any atom is -0.477 e. The van der Waals surface area contributed by atoms with Crippen molar-refractivity contribution in [2.75, 3.05) is 13.1 Å². The van der Waals surface area contributed by atoms with Crippen LogP contribution in [0.25, 0.3) is 0 Å². The van der Waals surface area contributed by atoms with E-state index in [2.05, 4.69) is 5.32 Å². The molecular formula is C21H20N4O6. The maximum absolute atomic E-state index is 13.0. The molecule has 4 heterocycles. The summed E-state index contributed by atoms with van der Waals surface area (Å²) in [5.74, 6) is -1.64. The average Bonchev–Trinajstić information content (AvgIpc) is 3.26. The van der Waals surface area contributed by atoms with E-state index >= 15 is 0 Å². The number of allylic oxidation sites excluding steroid dienone is 1. The van der Waals surface area contributed by atoms with Crippen LogP contribution in [0.5, 0.6) is 0 Å². The zero-order valence-corrected chi connectivity index (χ0v) is 16.5. The van der Waals surface area contributed by atoms with Crippen LogP contribution in [-0.4, -0.2) is 62.8 Å². The summed E-state index contributed by atoms with van der Waals surface area (Å²) in [6.45, 7) is 1.44. The van der Waals surface area contributed by atoms with Gasteiger partial charge in [-0.1, -0.05) is 12.1 Å². The zero-order valence-electron chi connectivity index (χ0n) is 16.5. The number of carbonyl (C=O) groups excluding carboxylic acids is 2. The van der Waals surface area contributed by atoms with Crippen LogP contribution < -0.4 is 5.32 Å². The van der Waals surface area contributed by atoms with Crippen molar-refractivity contribution >= 4 is 23.5 Å². The number of likely N-dealkylation sites (tertiary alicyclic amines) is 1. The first-order chi connectivity index (χ1) is 14.9. The molecule has 2 amide bonds. The standard InChI is InChI=1S/C21H20N4O6/c26-19-12(6-8-23(19)10-11-1-3-13(4-2-11)25(30)31)9-15-14-5-7-22-16-17(14)24(20(16)27)18(15)21(28)29/h1-4,9,14,16-17,22H,5-8,10H2,(H,28,29)/b12-9+/t14?,16-,17+/m0/s1. The summed E-state index contributed by atoms with van der Waals surface area (Å²) >= 11 is 0. The molecule has 1 unspecified atom stereocenters. The molecule has 0 radical (unpaired) electrons. The Hall–Kier alpha value is -3.53. The summed E-state index contributed by atoms with van der Waals surface area (Å²) in [6, 6.07) is 5.53. The van der Waals surface area contributed by atoms with E-state index in [-0.39, 0.29) is 41.2 Å². The number of aliphatic carboxylic acids is 1. The Labute approximate surface area is 177 Å². The molecule has 3 atom stereocenters. The smallest absolute Gasteiger partial charge is 0.352 e. The number of carbonyl (C=O) groups is 3. The third kappa shape index (κ3) is 2.94. The molecule has 0 aromatic heterocycles. The third-order valence-electron chi connectivity index (χ3n) is 6.55. The summed E-state index contributed by atoms with van der Waals surface area (Å²) in [7, 11) is 0. The number of rotatable bonds is 5. The normalized spacial score (nSPS) is 28.3. The summed E-state index contributed by atoms with van der Waals surface area (Å²) in [5, 5.41) is 23.7. The molecule has 0 aliphatic carbocycles. The van der Waals surface area contributed by atoms with Crippen molar-refractivity contribution in [3.05, 3.63) is 62.9 Å². The second-order valence-electron chi connectivity index (χ2n) is 8.20. The summed E-state index contributed by atoms with van der Waals surface area (Å²) < 4.78 is 0. The number of benzene rings is 1. The van der Waals surface area contributed by atoms with Gasteiger partial charge in [0.1, 0.15) is 11.7 Å². The fourth-order valence-corrected chi connectivity index (χ4v) is 5.09. The number of nitrogens with one attached hydrogen (secondary N) is 1. The molecule has 5 rings (SSSR count). The van der Waals surface area contributed by atoms with Crippen LogP contribution in [0.1, 0.15) is 18.4 Å². The van der Waals surface area contributed by atoms with Gasteiger partial charge in [-0.2, -0.15) is 0 Å². The lowest BCUT2D eigenvalue weighted by molar-refractivity contribution is -0.384. The number of nitro groups is 1. The van der Waals surface area contributed by atoms with Gasteiger partial charge in [-0.15, -0.1) is 0 Å². The molecule has 4 aliphatic heterocycles. The van der Waals surface area contributed by atoms with E-state index < -0.39 is 10.9 Å². The van der Waals surface area contributed by atoms with Gasteiger partial charge in [-0.05, 0) is 36.6 Å². The van der Waals surface area contributed by atoms with Gasteiger partial charge in [-0.25, -0.2) is 4.79 Å². The number of nitro benzene ring substituents is 1. The molecule has 2 N–H and O–H groups in total. The van der Waals surface area contributed by atoms with Crippen molar-refractivity contribution < 1.29 is 24.4 Å². The van der Waals surface area contributed by atoms with E-state index in [1.165, 1.54) is 17.0 Å². The maximum atomic E-state index is 13.0. The second-order valence-corrected chi connectivity index (χ2v) is 8.20. The molecule has 10 heteroatoms. The van der Waals surface area contributed by atoms with Gasteiger partial charge in [-0.3, -0.25) is 24.6 Å². The van der Waals surface area contributed by atoms with Gasteiger partial charge in [0.2, 0.25) is 11.8 Å². The Morgan fingerprint density at radius 2 is 2.03 bits per heavy atom. The number of non-ortho nitro benzene ring substituents is 1. The van der Waals surface area contributed by atoms with Gasteiger partial charge < -0.3 is 15.3 Å². The first-order valence-corrected chi connectivity index (χ1v) is 10.1. The summed E-state index contributed by atoms with van der Waals surface area (Å²) in [4.78, 5) is 50.6. The predicted octanol–water partition coefficient (Wildman–Crippen LogP) is 0.795. The highest BCUT2D eigenvalue weighted by molar-refractivity contribution is 6.03. The molecule has 1 aromatic rings. The van der Waals surface area contributed by atoms with Gasteiger partial charge in [0.05, 0.1) is 11.0 Å². The Balaban J connectivity index is 1.39. The van der Waals surface area contributed by atoms with Gasteiger partial charge in [0.25, 0.3) is 5.69 Å². The number of hydrogen-bond donors (Lipinski definition) is 2. The molecule has 0 spiro atoms. The van der Waals surface area contributed by atoms with E-state index in [0.717, 1.165) is 5.56 Å². The first-order valence-electron chi connectivity index (χ1n) is 10.1. The Morgan fingerprint density at radius 3 is 2.71 bits per heavy atom. The minimum atomic E-state index is -1.15. The van der Waals surface area contributed by atoms with Crippen LogP contribution in [0.4, 0.5) is 5.69 Å². The number of piperidine rings is 1. The molecule has 31 heavy (non-hydrogen) atoms. The predicted molar refractivity (Wildman–Crippen MR) is 106 cm³/mol. The Bertz CT molecular complexity index is 1080. The Kier molecular flexibility index (Phi) is 4.40. The first kappa shape index (κ1) is 19.4.